The Morgan fingerprint density at radius 2 is 1.74 bits per heavy atom. The molecule has 0 bridgehead atoms. The summed E-state index contributed by atoms with van der Waals surface area (Å²) in [6.45, 7) is 2.09. The first-order valence-corrected chi connectivity index (χ1v) is 7.65. The van der Waals surface area contributed by atoms with E-state index in [-0.39, 0.29) is 0 Å². The highest BCUT2D eigenvalue weighted by Crippen LogP contribution is 2.40. The first-order valence-electron chi connectivity index (χ1n) is 7.65. The minimum Gasteiger partial charge on any atom is -0.496 e. The van der Waals surface area contributed by atoms with Crippen LogP contribution in [-0.2, 0) is 7.05 Å². The standard InChI is InChI=1S/C20H18NO2/c1-13-7-6-9-16(21(13)2)19-18(22-3)12-11-15-14-8-4-5-10-17(14)23-20(15)19/h4-12H,1-3H3/q+1. The third-order valence-corrected chi connectivity index (χ3v) is 4.47. The van der Waals surface area contributed by atoms with Crippen molar-refractivity contribution >= 4 is 21.9 Å². The number of rotatable bonds is 2. The van der Waals surface area contributed by atoms with E-state index in [0.717, 1.165) is 38.9 Å². The first-order chi connectivity index (χ1) is 11.2. The number of aromatic nitrogens is 1. The summed E-state index contributed by atoms with van der Waals surface area (Å²) in [5.41, 5.74) is 5.01. The van der Waals surface area contributed by atoms with Crippen molar-refractivity contribution in [1.29, 1.82) is 0 Å². The minimum absolute atomic E-state index is 0.817. The molecule has 4 aromatic rings. The van der Waals surface area contributed by atoms with E-state index in [0.29, 0.717) is 0 Å². The Morgan fingerprint density at radius 3 is 2.57 bits per heavy atom. The molecule has 0 aliphatic heterocycles. The molecule has 0 saturated heterocycles. The average Bonchev–Trinajstić information content (AvgIpc) is 2.95. The lowest BCUT2D eigenvalue weighted by Gasteiger charge is -2.08. The molecule has 0 spiro atoms. The fourth-order valence-electron chi connectivity index (χ4n) is 3.13. The maximum atomic E-state index is 6.18. The van der Waals surface area contributed by atoms with E-state index in [1.165, 1.54) is 5.69 Å². The second-order valence-corrected chi connectivity index (χ2v) is 5.73. The van der Waals surface area contributed by atoms with Gasteiger partial charge < -0.3 is 9.15 Å². The average molecular weight is 304 g/mol. The van der Waals surface area contributed by atoms with Crippen LogP contribution in [0.1, 0.15) is 5.69 Å². The molecule has 0 aliphatic carbocycles. The van der Waals surface area contributed by atoms with Gasteiger partial charge in [0, 0.05) is 29.8 Å². The largest absolute Gasteiger partial charge is 0.496 e. The van der Waals surface area contributed by atoms with E-state index in [1.807, 2.05) is 24.3 Å². The number of hydrogen-bond donors (Lipinski definition) is 0. The van der Waals surface area contributed by atoms with Gasteiger partial charge in [0.2, 0.25) is 5.69 Å². The molecule has 0 atom stereocenters. The summed E-state index contributed by atoms with van der Waals surface area (Å²) < 4.78 is 14.0. The quantitative estimate of drug-likeness (QED) is 0.513. The summed E-state index contributed by atoms with van der Waals surface area (Å²) in [4.78, 5) is 0. The molecule has 0 fully saturated rings. The van der Waals surface area contributed by atoms with Gasteiger partial charge in [-0.1, -0.05) is 18.2 Å². The zero-order chi connectivity index (χ0) is 16.0. The van der Waals surface area contributed by atoms with Crippen molar-refractivity contribution in [3.63, 3.8) is 0 Å². The van der Waals surface area contributed by atoms with Crippen LogP contribution < -0.4 is 9.30 Å². The fraction of sp³-hybridized carbons (Fsp3) is 0.150. The van der Waals surface area contributed by atoms with Crippen LogP contribution in [0.15, 0.2) is 59.0 Å². The number of pyridine rings is 1. The summed E-state index contributed by atoms with van der Waals surface area (Å²) in [6, 6.07) is 18.5. The van der Waals surface area contributed by atoms with Gasteiger partial charge in [0.1, 0.15) is 23.9 Å². The van der Waals surface area contributed by atoms with Crippen molar-refractivity contribution in [3.05, 3.63) is 60.3 Å². The number of furan rings is 1. The number of fused-ring (bicyclic) bond motifs is 3. The third-order valence-electron chi connectivity index (χ3n) is 4.47. The predicted molar refractivity (Wildman–Crippen MR) is 91.6 cm³/mol. The third kappa shape index (κ3) is 2.00. The van der Waals surface area contributed by atoms with E-state index in [4.69, 9.17) is 9.15 Å². The second-order valence-electron chi connectivity index (χ2n) is 5.73. The van der Waals surface area contributed by atoms with Gasteiger partial charge in [0.15, 0.2) is 11.3 Å². The van der Waals surface area contributed by atoms with Crippen LogP contribution in [0.25, 0.3) is 33.2 Å². The van der Waals surface area contributed by atoms with E-state index in [9.17, 15) is 0 Å². The number of ether oxygens (including phenoxy) is 1. The highest BCUT2D eigenvalue weighted by atomic mass is 16.5. The summed E-state index contributed by atoms with van der Waals surface area (Å²) in [7, 11) is 3.76. The zero-order valence-corrected chi connectivity index (χ0v) is 13.5. The van der Waals surface area contributed by atoms with Gasteiger partial charge in [0.05, 0.1) is 7.11 Å². The summed E-state index contributed by atoms with van der Waals surface area (Å²) >= 11 is 0. The van der Waals surface area contributed by atoms with Crippen molar-refractivity contribution in [1.82, 2.24) is 0 Å². The molecule has 2 aromatic carbocycles. The van der Waals surface area contributed by atoms with Crippen molar-refractivity contribution in [2.24, 2.45) is 7.05 Å². The SMILES string of the molecule is COc1ccc2c(oc3ccccc32)c1-c1cccc(C)[n+]1C. The molecule has 4 rings (SSSR count). The Labute approximate surface area is 134 Å². The van der Waals surface area contributed by atoms with E-state index >= 15 is 0 Å². The lowest BCUT2D eigenvalue weighted by molar-refractivity contribution is -0.666. The molecule has 3 nitrogen and oxygen atoms in total. The summed E-state index contributed by atoms with van der Waals surface area (Å²) in [5, 5.41) is 2.24. The molecule has 0 N–H and O–H groups in total. The van der Waals surface area contributed by atoms with E-state index in [2.05, 4.69) is 48.9 Å². The molecular formula is C20H18NO2+. The number of para-hydroxylation sites is 1. The predicted octanol–water partition coefficient (Wildman–Crippen LogP) is 4.39. The normalized spacial score (nSPS) is 11.3. The Morgan fingerprint density at radius 1 is 0.913 bits per heavy atom. The molecule has 0 aliphatic rings. The van der Waals surface area contributed by atoms with Crippen molar-refractivity contribution < 1.29 is 13.7 Å². The van der Waals surface area contributed by atoms with Crippen molar-refractivity contribution in [2.45, 2.75) is 6.92 Å². The van der Waals surface area contributed by atoms with Crippen LogP contribution in [0.3, 0.4) is 0 Å². The number of hydrogen-bond acceptors (Lipinski definition) is 2. The van der Waals surface area contributed by atoms with E-state index < -0.39 is 0 Å². The summed E-state index contributed by atoms with van der Waals surface area (Å²) in [6.07, 6.45) is 0. The molecular weight excluding hydrogens is 286 g/mol. The maximum Gasteiger partial charge on any atom is 0.220 e. The smallest absolute Gasteiger partial charge is 0.220 e. The van der Waals surface area contributed by atoms with Gasteiger partial charge in [-0.25, -0.2) is 0 Å². The molecule has 23 heavy (non-hydrogen) atoms. The van der Waals surface area contributed by atoms with Crippen LogP contribution in [-0.4, -0.2) is 7.11 Å². The van der Waals surface area contributed by atoms with Crippen molar-refractivity contribution in [3.8, 4) is 17.0 Å². The van der Waals surface area contributed by atoms with Crippen LogP contribution in [0, 0.1) is 6.92 Å². The lowest BCUT2D eigenvalue weighted by atomic mass is 10.0. The first kappa shape index (κ1) is 13.8. The Kier molecular flexibility index (Phi) is 3.08. The second kappa shape index (κ2) is 5.13. The van der Waals surface area contributed by atoms with Crippen LogP contribution in [0.2, 0.25) is 0 Å². The minimum atomic E-state index is 0.817. The molecule has 0 radical (unpaired) electrons. The molecule has 0 saturated carbocycles. The molecule has 0 amide bonds. The molecule has 114 valence electrons. The fourth-order valence-corrected chi connectivity index (χ4v) is 3.13. The Bertz CT molecular complexity index is 1030. The molecule has 2 aromatic heterocycles. The number of benzene rings is 2. The van der Waals surface area contributed by atoms with Crippen LogP contribution in [0.5, 0.6) is 5.75 Å². The molecule has 0 unspecified atom stereocenters. The number of nitrogens with zero attached hydrogens (tertiary/aromatic N) is 1. The van der Waals surface area contributed by atoms with Crippen molar-refractivity contribution in [2.75, 3.05) is 7.11 Å². The Hall–Kier alpha value is -2.81. The maximum absolute atomic E-state index is 6.18. The van der Waals surface area contributed by atoms with Gasteiger partial charge in [-0.2, -0.15) is 4.57 Å². The van der Waals surface area contributed by atoms with Gasteiger partial charge >= 0.3 is 0 Å². The Balaban J connectivity index is 2.17. The number of methoxy groups -OCH3 is 1. The highest BCUT2D eigenvalue weighted by Gasteiger charge is 2.23. The van der Waals surface area contributed by atoms with Gasteiger partial charge in [0.25, 0.3) is 0 Å². The van der Waals surface area contributed by atoms with Crippen LogP contribution in [0.4, 0.5) is 0 Å². The van der Waals surface area contributed by atoms with Gasteiger partial charge in [-0.05, 0) is 24.3 Å². The van der Waals surface area contributed by atoms with Gasteiger partial charge in [-0.15, -0.1) is 0 Å². The molecule has 2 heterocycles. The highest BCUT2D eigenvalue weighted by molar-refractivity contribution is 6.10. The zero-order valence-electron chi connectivity index (χ0n) is 13.5. The van der Waals surface area contributed by atoms with Gasteiger partial charge in [-0.3, -0.25) is 0 Å². The van der Waals surface area contributed by atoms with Crippen LogP contribution >= 0.6 is 0 Å². The monoisotopic (exact) mass is 304 g/mol. The topological polar surface area (TPSA) is 26.2 Å². The molecule has 3 heteroatoms. The van der Waals surface area contributed by atoms with E-state index in [1.54, 1.807) is 7.11 Å². The number of aryl methyl sites for hydroxylation is 1. The summed E-state index contributed by atoms with van der Waals surface area (Å²) in [5.74, 6) is 0.817. The lowest BCUT2D eigenvalue weighted by Crippen LogP contribution is -2.34.